The van der Waals surface area contributed by atoms with Gasteiger partial charge in [-0.1, -0.05) is 57.9 Å². The Kier molecular flexibility index (Phi) is 9.29. The number of carbonyl (C=O) groups excluding carboxylic acids is 1. The molecule has 0 aliphatic heterocycles. The normalized spacial score (nSPS) is 10.5. The molecule has 0 fully saturated rings. The molecule has 1 N–H and O–H groups in total. The minimum absolute atomic E-state index is 0.0887. The minimum atomic E-state index is -0.0887. The van der Waals surface area contributed by atoms with E-state index in [4.69, 9.17) is 0 Å². The molecule has 0 atom stereocenters. The largest absolute Gasteiger partial charge is 0.351 e. The Bertz CT molecular complexity index is 396. The van der Waals surface area contributed by atoms with E-state index in [1.165, 1.54) is 44.9 Å². The maximum Gasteiger partial charge on any atom is 0.269 e. The van der Waals surface area contributed by atoms with Crippen LogP contribution in [-0.4, -0.2) is 17.4 Å². The van der Waals surface area contributed by atoms with Crippen LogP contribution in [0.25, 0.3) is 0 Å². The molecule has 1 aromatic rings. The molecule has 1 rings (SSSR count). The van der Waals surface area contributed by atoms with Crippen LogP contribution in [0.4, 0.5) is 0 Å². The lowest BCUT2D eigenvalue weighted by Crippen LogP contribution is -2.25. The molecule has 0 saturated heterocycles. The average molecular weight is 341 g/mol. The maximum absolute atomic E-state index is 11.8. The van der Waals surface area contributed by atoms with Gasteiger partial charge in [0, 0.05) is 6.54 Å². The van der Waals surface area contributed by atoms with E-state index in [9.17, 15) is 4.79 Å². The first-order chi connectivity index (χ1) is 9.74. The molecular weight excluding hydrogens is 316 g/mol. The molecule has 0 radical (unpaired) electrons. The maximum atomic E-state index is 11.8. The quantitative estimate of drug-likeness (QED) is 0.494. The molecule has 3 nitrogen and oxygen atoms in total. The first-order valence-corrected chi connectivity index (χ1v) is 8.44. The van der Waals surface area contributed by atoms with Gasteiger partial charge in [0.1, 0.15) is 10.3 Å². The number of aromatic nitrogens is 1. The SMILES string of the molecule is CCCCCCCCCCNC(=O)c1cccc(Br)n1. The van der Waals surface area contributed by atoms with Crippen molar-refractivity contribution in [2.45, 2.75) is 58.3 Å². The fourth-order valence-corrected chi connectivity index (χ4v) is 2.43. The van der Waals surface area contributed by atoms with Crippen LogP contribution < -0.4 is 5.32 Å². The Morgan fingerprint density at radius 2 is 1.75 bits per heavy atom. The molecule has 1 aromatic heterocycles. The number of carbonyl (C=O) groups is 1. The van der Waals surface area contributed by atoms with E-state index in [1.807, 2.05) is 12.1 Å². The number of nitrogens with zero attached hydrogens (tertiary/aromatic N) is 1. The molecule has 0 saturated carbocycles. The van der Waals surface area contributed by atoms with Crippen LogP contribution in [0, 0.1) is 0 Å². The van der Waals surface area contributed by atoms with Gasteiger partial charge < -0.3 is 5.32 Å². The highest BCUT2D eigenvalue weighted by molar-refractivity contribution is 9.10. The summed E-state index contributed by atoms with van der Waals surface area (Å²) in [4.78, 5) is 15.9. The van der Waals surface area contributed by atoms with E-state index in [0.29, 0.717) is 10.3 Å². The highest BCUT2D eigenvalue weighted by atomic mass is 79.9. The van der Waals surface area contributed by atoms with Crippen molar-refractivity contribution in [3.63, 3.8) is 0 Å². The molecule has 1 amide bonds. The lowest BCUT2D eigenvalue weighted by Gasteiger charge is -2.05. The summed E-state index contributed by atoms with van der Waals surface area (Å²) in [6, 6.07) is 5.37. The van der Waals surface area contributed by atoms with E-state index >= 15 is 0 Å². The third-order valence-corrected chi connectivity index (χ3v) is 3.71. The summed E-state index contributed by atoms with van der Waals surface area (Å²) in [7, 11) is 0. The van der Waals surface area contributed by atoms with Crippen LogP contribution in [0.5, 0.6) is 0 Å². The predicted molar refractivity (Wildman–Crippen MR) is 86.9 cm³/mol. The molecule has 0 aliphatic carbocycles. The average Bonchev–Trinajstić information content (AvgIpc) is 2.45. The second kappa shape index (κ2) is 10.8. The van der Waals surface area contributed by atoms with Crippen molar-refractivity contribution < 1.29 is 4.79 Å². The summed E-state index contributed by atoms with van der Waals surface area (Å²) in [5.41, 5.74) is 0.471. The Morgan fingerprint density at radius 3 is 2.40 bits per heavy atom. The highest BCUT2D eigenvalue weighted by Gasteiger charge is 2.05. The molecule has 0 aliphatic rings. The lowest BCUT2D eigenvalue weighted by molar-refractivity contribution is 0.0948. The first kappa shape index (κ1) is 17.2. The van der Waals surface area contributed by atoms with Crippen LogP contribution in [0.3, 0.4) is 0 Å². The van der Waals surface area contributed by atoms with Crippen molar-refractivity contribution >= 4 is 21.8 Å². The van der Waals surface area contributed by atoms with Crippen LogP contribution in [0.15, 0.2) is 22.8 Å². The summed E-state index contributed by atoms with van der Waals surface area (Å²) in [5.74, 6) is -0.0887. The van der Waals surface area contributed by atoms with Crippen LogP contribution in [-0.2, 0) is 0 Å². The Balaban J connectivity index is 2.02. The topological polar surface area (TPSA) is 42.0 Å². The molecule has 4 heteroatoms. The number of rotatable bonds is 10. The van der Waals surface area contributed by atoms with Gasteiger partial charge in [0.25, 0.3) is 5.91 Å². The number of halogens is 1. The smallest absolute Gasteiger partial charge is 0.269 e. The van der Waals surface area contributed by atoms with Gasteiger partial charge in [0.15, 0.2) is 0 Å². The number of unbranched alkanes of at least 4 members (excludes halogenated alkanes) is 7. The van der Waals surface area contributed by atoms with Gasteiger partial charge in [0.05, 0.1) is 0 Å². The zero-order valence-electron chi connectivity index (χ0n) is 12.3. The van der Waals surface area contributed by atoms with Gasteiger partial charge in [-0.15, -0.1) is 0 Å². The third kappa shape index (κ3) is 7.63. The van der Waals surface area contributed by atoms with Gasteiger partial charge in [-0.3, -0.25) is 4.79 Å². The Labute approximate surface area is 130 Å². The zero-order chi connectivity index (χ0) is 14.6. The summed E-state index contributed by atoms with van der Waals surface area (Å²) < 4.78 is 0.692. The number of pyridine rings is 1. The summed E-state index contributed by atoms with van der Waals surface area (Å²) in [6.07, 6.45) is 10.2. The van der Waals surface area contributed by atoms with Crippen LogP contribution in [0.2, 0.25) is 0 Å². The van der Waals surface area contributed by atoms with E-state index in [0.717, 1.165) is 13.0 Å². The molecule has 0 aromatic carbocycles. The monoisotopic (exact) mass is 340 g/mol. The van der Waals surface area contributed by atoms with Gasteiger partial charge in [0.2, 0.25) is 0 Å². The molecule has 112 valence electrons. The van der Waals surface area contributed by atoms with E-state index in [2.05, 4.69) is 33.2 Å². The highest BCUT2D eigenvalue weighted by Crippen LogP contribution is 2.08. The number of hydrogen-bond donors (Lipinski definition) is 1. The van der Waals surface area contributed by atoms with Gasteiger partial charge in [-0.2, -0.15) is 0 Å². The molecule has 0 unspecified atom stereocenters. The minimum Gasteiger partial charge on any atom is -0.351 e. The Morgan fingerprint density at radius 1 is 1.10 bits per heavy atom. The molecular formula is C16H25BrN2O. The van der Waals surface area contributed by atoms with Crippen molar-refractivity contribution in [3.8, 4) is 0 Å². The molecule has 20 heavy (non-hydrogen) atoms. The summed E-state index contributed by atoms with van der Waals surface area (Å²) in [5, 5.41) is 2.92. The van der Waals surface area contributed by atoms with Crippen molar-refractivity contribution in [2.75, 3.05) is 6.54 Å². The van der Waals surface area contributed by atoms with Crippen molar-refractivity contribution in [1.82, 2.24) is 10.3 Å². The fourth-order valence-electron chi connectivity index (χ4n) is 2.09. The number of hydrogen-bond acceptors (Lipinski definition) is 2. The van der Waals surface area contributed by atoms with E-state index < -0.39 is 0 Å². The first-order valence-electron chi connectivity index (χ1n) is 7.64. The van der Waals surface area contributed by atoms with Gasteiger partial charge in [-0.05, 0) is 34.5 Å². The third-order valence-electron chi connectivity index (χ3n) is 3.26. The van der Waals surface area contributed by atoms with Crippen molar-refractivity contribution in [2.24, 2.45) is 0 Å². The predicted octanol–water partition coefficient (Wildman–Crippen LogP) is 4.71. The summed E-state index contributed by atoms with van der Waals surface area (Å²) in [6.45, 7) is 2.98. The van der Waals surface area contributed by atoms with Gasteiger partial charge in [-0.25, -0.2) is 4.98 Å². The Hall–Kier alpha value is -0.900. The second-order valence-electron chi connectivity index (χ2n) is 5.08. The molecule has 0 bridgehead atoms. The van der Waals surface area contributed by atoms with E-state index in [-0.39, 0.29) is 5.91 Å². The number of nitrogens with one attached hydrogen (secondary N) is 1. The number of amides is 1. The lowest BCUT2D eigenvalue weighted by atomic mass is 10.1. The molecule has 1 heterocycles. The summed E-state index contributed by atoms with van der Waals surface area (Å²) >= 11 is 3.27. The zero-order valence-corrected chi connectivity index (χ0v) is 13.9. The van der Waals surface area contributed by atoms with Crippen LogP contribution in [0.1, 0.15) is 68.8 Å². The van der Waals surface area contributed by atoms with Crippen LogP contribution >= 0.6 is 15.9 Å². The van der Waals surface area contributed by atoms with Crippen molar-refractivity contribution in [3.05, 3.63) is 28.5 Å². The standard InChI is InChI=1S/C16H25BrN2O/c1-2-3-4-5-6-7-8-9-13-18-16(20)14-11-10-12-15(17)19-14/h10-12H,2-9,13H2,1H3,(H,18,20). The fraction of sp³-hybridized carbons (Fsp3) is 0.625. The van der Waals surface area contributed by atoms with Gasteiger partial charge >= 0.3 is 0 Å². The second-order valence-corrected chi connectivity index (χ2v) is 5.89. The van der Waals surface area contributed by atoms with Crippen molar-refractivity contribution in [1.29, 1.82) is 0 Å². The van der Waals surface area contributed by atoms with E-state index in [1.54, 1.807) is 6.07 Å². The molecule has 0 spiro atoms.